The van der Waals surface area contributed by atoms with E-state index in [2.05, 4.69) is 21.7 Å². The minimum Gasteiger partial charge on any atom is -0.481 e. The van der Waals surface area contributed by atoms with E-state index in [0.717, 1.165) is 30.8 Å². The second-order valence-corrected chi connectivity index (χ2v) is 7.31. The number of carbonyl (C=O) groups excluding carboxylic acids is 1. The molecule has 1 aliphatic rings. The Hall–Kier alpha value is -3.15. The molecule has 0 aliphatic carbocycles. The van der Waals surface area contributed by atoms with Crippen LogP contribution in [0.4, 0.5) is 4.39 Å². The maximum Gasteiger partial charge on any atom is 0.260 e. The average Bonchev–Trinajstić information content (AvgIpc) is 3.22. The molecule has 0 bridgehead atoms. The summed E-state index contributed by atoms with van der Waals surface area (Å²) >= 11 is 0. The molecule has 6 heteroatoms. The number of nitrogens with zero attached hydrogens (tertiary/aromatic N) is 3. The molecular weight excluding hydrogens is 369 g/mol. The highest BCUT2D eigenvalue weighted by Crippen LogP contribution is 2.23. The van der Waals surface area contributed by atoms with Crippen LogP contribution in [-0.4, -0.2) is 40.1 Å². The first-order valence-corrected chi connectivity index (χ1v) is 9.92. The van der Waals surface area contributed by atoms with Crippen LogP contribution >= 0.6 is 0 Å². The Morgan fingerprint density at radius 2 is 1.79 bits per heavy atom. The van der Waals surface area contributed by atoms with Gasteiger partial charge in [0, 0.05) is 37.6 Å². The molecule has 1 aromatic heterocycles. The minimum atomic E-state index is -0.450. The van der Waals surface area contributed by atoms with Gasteiger partial charge in [-0.3, -0.25) is 4.79 Å². The van der Waals surface area contributed by atoms with Gasteiger partial charge in [-0.1, -0.05) is 42.5 Å². The first-order chi connectivity index (χ1) is 14.2. The Labute approximate surface area is 169 Å². The average molecular weight is 393 g/mol. The van der Waals surface area contributed by atoms with Crippen LogP contribution in [0, 0.1) is 11.7 Å². The Balaban J connectivity index is 1.28. The van der Waals surface area contributed by atoms with Crippen LogP contribution in [0.5, 0.6) is 5.75 Å². The van der Waals surface area contributed by atoms with Crippen molar-refractivity contribution in [3.8, 4) is 17.1 Å². The van der Waals surface area contributed by atoms with Crippen molar-refractivity contribution in [1.82, 2.24) is 14.5 Å². The molecule has 0 N–H and O–H groups in total. The number of ether oxygens (including phenoxy) is 1. The lowest BCUT2D eigenvalue weighted by molar-refractivity contribution is -0.134. The highest BCUT2D eigenvalue weighted by Gasteiger charge is 2.24. The lowest BCUT2D eigenvalue weighted by Crippen LogP contribution is -2.41. The van der Waals surface area contributed by atoms with E-state index in [1.807, 2.05) is 35.5 Å². The lowest BCUT2D eigenvalue weighted by atomic mass is 9.96. The molecule has 0 radical (unpaired) electrons. The van der Waals surface area contributed by atoms with Gasteiger partial charge < -0.3 is 14.2 Å². The van der Waals surface area contributed by atoms with Gasteiger partial charge in [-0.25, -0.2) is 9.37 Å². The quantitative estimate of drug-likeness (QED) is 0.636. The Kier molecular flexibility index (Phi) is 5.89. The maximum atomic E-state index is 13.6. The van der Waals surface area contributed by atoms with Gasteiger partial charge in [0.2, 0.25) is 0 Å². The summed E-state index contributed by atoms with van der Waals surface area (Å²) in [4.78, 5) is 18.7. The zero-order chi connectivity index (χ0) is 20.1. The number of rotatable bonds is 6. The number of benzene rings is 2. The molecule has 2 aromatic carbocycles. The van der Waals surface area contributed by atoms with Gasteiger partial charge in [-0.05, 0) is 30.9 Å². The number of amides is 1. The third kappa shape index (κ3) is 4.65. The van der Waals surface area contributed by atoms with Crippen molar-refractivity contribution in [2.24, 2.45) is 5.92 Å². The Morgan fingerprint density at radius 3 is 2.55 bits per heavy atom. The van der Waals surface area contributed by atoms with Crippen molar-refractivity contribution in [1.29, 1.82) is 0 Å². The van der Waals surface area contributed by atoms with E-state index in [-0.39, 0.29) is 18.3 Å². The van der Waals surface area contributed by atoms with Gasteiger partial charge >= 0.3 is 0 Å². The number of likely N-dealkylation sites (tertiary alicyclic amines) is 1. The van der Waals surface area contributed by atoms with Crippen LogP contribution in [-0.2, 0) is 11.3 Å². The van der Waals surface area contributed by atoms with Gasteiger partial charge in [0.15, 0.2) is 18.2 Å². The molecule has 1 aliphatic heterocycles. The second kappa shape index (κ2) is 8.90. The van der Waals surface area contributed by atoms with Crippen LogP contribution in [0.1, 0.15) is 12.8 Å². The van der Waals surface area contributed by atoms with E-state index in [9.17, 15) is 9.18 Å². The molecule has 4 rings (SSSR count). The molecule has 0 atom stereocenters. The van der Waals surface area contributed by atoms with E-state index in [0.29, 0.717) is 19.0 Å². The van der Waals surface area contributed by atoms with Gasteiger partial charge in [-0.2, -0.15) is 0 Å². The van der Waals surface area contributed by atoms with Crippen molar-refractivity contribution in [3.63, 3.8) is 0 Å². The first-order valence-electron chi connectivity index (χ1n) is 9.92. The Morgan fingerprint density at radius 1 is 1.07 bits per heavy atom. The van der Waals surface area contributed by atoms with Gasteiger partial charge in [-0.15, -0.1) is 0 Å². The van der Waals surface area contributed by atoms with E-state index in [1.54, 1.807) is 12.1 Å². The molecule has 29 heavy (non-hydrogen) atoms. The fraction of sp³-hybridized carbons (Fsp3) is 0.304. The highest BCUT2D eigenvalue weighted by molar-refractivity contribution is 5.77. The molecule has 0 saturated carbocycles. The van der Waals surface area contributed by atoms with E-state index in [1.165, 1.54) is 12.1 Å². The smallest absolute Gasteiger partial charge is 0.260 e. The van der Waals surface area contributed by atoms with Crippen molar-refractivity contribution in [3.05, 3.63) is 72.8 Å². The molecule has 0 spiro atoms. The molecule has 150 valence electrons. The fourth-order valence-electron chi connectivity index (χ4n) is 3.74. The number of halogens is 1. The summed E-state index contributed by atoms with van der Waals surface area (Å²) in [5, 5.41) is 0. The monoisotopic (exact) mass is 393 g/mol. The van der Waals surface area contributed by atoms with Gasteiger partial charge in [0.1, 0.15) is 5.82 Å². The van der Waals surface area contributed by atoms with E-state index in [4.69, 9.17) is 4.74 Å². The van der Waals surface area contributed by atoms with Crippen molar-refractivity contribution in [2.45, 2.75) is 19.4 Å². The predicted octanol–water partition coefficient (Wildman–Crippen LogP) is 4.01. The third-order valence-corrected chi connectivity index (χ3v) is 5.36. The van der Waals surface area contributed by atoms with Crippen LogP contribution in [0.25, 0.3) is 11.4 Å². The lowest BCUT2D eigenvalue weighted by Gasteiger charge is -2.32. The van der Waals surface area contributed by atoms with E-state index >= 15 is 0 Å². The number of para-hydroxylation sites is 1. The van der Waals surface area contributed by atoms with E-state index < -0.39 is 5.82 Å². The standard InChI is InChI=1S/C23H24FN3O2/c24-20-8-4-5-9-21(20)29-17-22(28)26-13-10-18(11-14-26)16-27-15-12-25-23(27)19-6-2-1-3-7-19/h1-9,12,15,18H,10-11,13-14,16-17H2. The maximum absolute atomic E-state index is 13.6. The summed E-state index contributed by atoms with van der Waals surface area (Å²) < 4.78 is 21.2. The zero-order valence-electron chi connectivity index (χ0n) is 16.2. The molecule has 3 aromatic rings. The second-order valence-electron chi connectivity index (χ2n) is 7.31. The number of aromatic nitrogens is 2. The predicted molar refractivity (Wildman–Crippen MR) is 109 cm³/mol. The summed E-state index contributed by atoms with van der Waals surface area (Å²) in [6, 6.07) is 16.3. The van der Waals surface area contributed by atoms with Crippen molar-refractivity contribution < 1.29 is 13.9 Å². The number of piperidine rings is 1. The number of imidazole rings is 1. The number of hydrogen-bond acceptors (Lipinski definition) is 3. The molecule has 5 nitrogen and oxygen atoms in total. The molecule has 1 fully saturated rings. The molecule has 1 saturated heterocycles. The largest absolute Gasteiger partial charge is 0.481 e. The molecule has 1 amide bonds. The zero-order valence-corrected chi connectivity index (χ0v) is 16.2. The fourth-order valence-corrected chi connectivity index (χ4v) is 3.74. The topological polar surface area (TPSA) is 47.4 Å². The summed E-state index contributed by atoms with van der Waals surface area (Å²) in [5.74, 6) is 1.03. The van der Waals surface area contributed by atoms with Crippen LogP contribution in [0.2, 0.25) is 0 Å². The minimum absolute atomic E-state index is 0.0979. The first kappa shape index (κ1) is 19.2. The molecule has 0 unspecified atom stereocenters. The number of carbonyl (C=O) groups is 1. The van der Waals surface area contributed by atoms with Crippen molar-refractivity contribution in [2.75, 3.05) is 19.7 Å². The summed E-state index contributed by atoms with van der Waals surface area (Å²) in [7, 11) is 0. The molecular formula is C23H24FN3O2. The van der Waals surface area contributed by atoms with Gasteiger partial charge in [0.25, 0.3) is 5.91 Å². The van der Waals surface area contributed by atoms with Crippen molar-refractivity contribution >= 4 is 5.91 Å². The third-order valence-electron chi connectivity index (χ3n) is 5.36. The van der Waals surface area contributed by atoms with Crippen LogP contribution in [0.3, 0.4) is 0 Å². The number of hydrogen-bond donors (Lipinski definition) is 0. The van der Waals surface area contributed by atoms with Gasteiger partial charge in [0.05, 0.1) is 0 Å². The van der Waals surface area contributed by atoms with Crippen LogP contribution in [0.15, 0.2) is 67.0 Å². The summed E-state index contributed by atoms with van der Waals surface area (Å²) in [6.45, 7) is 2.14. The van der Waals surface area contributed by atoms with Crippen LogP contribution < -0.4 is 4.74 Å². The Bertz CT molecular complexity index is 950. The molecule has 2 heterocycles. The summed E-state index contributed by atoms with van der Waals surface area (Å²) in [5.41, 5.74) is 1.11. The summed E-state index contributed by atoms with van der Waals surface area (Å²) in [6.07, 6.45) is 5.71. The highest BCUT2D eigenvalue weighted by atomic mass is 19.1. The normalized spacial score (nSPS) is 14.7. The SMILES string of the molecule is O=C(COc1ccccc1F)N1CCC(Cn2ccnc2-c2ccccc2)CC1.